The molecule has 3 rings (SSSR count). The second-order valence-electron chi connectivity index (χ2n) is 4.40. The van der Waals surface area contributed by atoms with Crippen LogP contribution in [0, 0.1) is 6.92 Å². The summed E-state index contributed by atoms with van der Waals surface area (Å²) in [5.74, 6) is 1.60. The molecule has 0 saturated carbocycles. The molecule has 0 amide bonds. The summed E-state index contributed by atoms with van der Waals surface area (Å²) in [6.07, 6.45) is 0. The fourth-order valence-electron chi connectivity index (χ4n) is 1.98. The summed E-state index contributed by atoms with van der Waals surface area (Å²) in [7, 11) is 0. The highest BCUT2D eigenvalue weighted by Gasteiger charge is 2.05. The first-order valence-corrected chi connectivity index (χ1v) is 6.43. The SMILES string of the molecule is Cc1cccc2[nH]c(COc3ccc(Cl)cc3)nc12.Cl.Cl. The Kier molecular flexibility index (Phi) is 6.34. The number of nitrogens with zero attached hydrogens (tertiary/aromatic N) is 1. The molecule has 1 heterocycles. The maximum atomic E-state index is 5.83. The number of ether oxygens (including phenoxy) is 1. The average molecular weight is 346 g/mol. The number of benzene rings is 2. The van der Waals surface area contributed by atoms with E-state index >= 15 is 0 Å². The number of aryl methyl sites for hydroxylation is 1. The standard InChI is InChI=1S/C15H13ClN2O.2ClH/c1-10-3-2-4-13-15(10)18-14(17-13)9-19-12-7-5-11(16)6-8-12;;/h2-8H,9H2,1H3,(H,17,18);2*1H. The van der Waals surface area contributed by atoms with E-state index in [9.17, 15) is 0 Å². The van der Waals surface area contributed by atoms with E-state index in [2.05, 4.69) is 9.97 Å². The number of hydrogen-bond donors (Lipinski definition) is 1. The third-order valence-corrected chi connectivity index (χ3v) is 3.20. The highest BCUT2D eigenvalue weighted by atomic mass is 35.5. The van der Waals surface area contributed by atoms with Crippen molar-refractivity contribution in [3.63, 3.8) is 0 Å². The summed E-state index contributed by atoms with van der Waals surface area (Å²) in [6, 6.07) is 13.4. The fourth-order valence-corrected chi connectivity index (χ4v) is 2.10. The molecule has 1 aromatic heterocycles. The minimum absolute atomic E-state index is 0. The number of para-hydroxylation sites is 1. The first-order valence-electron chi connectivity index (χ1n) is 6.05. The van der Waals surface area contributed by atoms with Gasteiger partial charge in [0.15, 0.2) is 0 Å². The molecule has 0 saturated heterocycles. The van der Waals surface area contributed by atoms with Gasteiger partial charge in [-0.2, -0.15) is 0 Å². The lowest BCUT2D eigenvalue weighted by Gasteiger charge is -2.03. The second-order valence-corrected chi connectivity index (χ2v) is 4.83. The average Bonchev–Trinajstić information content (AvgIpc) is 2.83. The van der Waals surface area contributed by atoms with E-state index in [1.807, 2.05) is 37.3 Å². The Morgan fingerprint density at radius 2 is 1.81 bits per heavy atom. The fraction of sp³-hybridized carbons (Fsp3) is 0.133. The Morgan fingerprint density at radius 3 is 2.48 bits per heavy atom. The van der Waals surface area contributed by atoms with Crippen LogP contribution in [0.15, 0.2) is 42.5 Å². The predicted molar refractivity (Wildman–Crippen MR) is 91.1 cm³/mol. The van der Waals surface area contributed by atoms with Crippen LogP contribution in [0.2, 0.25) is 5.02 Å². The van der Waals surface area contributed by atoms with Crippen LogP contribution in [0.25, 0.3) is 11.0 Å². The van der Waals surface area contributed by atoms with E-state index in [1.165, 1.54) is 0 Å². The number of nitrogens with one attached hydrogen (secondary N) is 1. The molecule has 0 spiro atoms. The van der Waals surface area contributed by atoms with Crippen molar-refractivity contribution < 1.29 is 4.74 Å². The Morgan fingerprint density at radius 1 is 1.10 bits per heavy atom. The molecule has 0 unspecified atom stereocenters. The molecule has 21 heavy (non-hydrogen) atoms. The van der Waals surface area contributed by atoms with Gasteiger partial charge in [0.2, 0.25) is 0 Å². The summed E-state index contributed by atoms with van der Waals surface area (Å²) >= 11 is 5.83. The van der Waals surface area contributed by atoms with E-state index in [1.54, 1.807) is 12.1 Å². The molecule has 112 valence electrons. The molecule has 3 aromatic rings. The predicted octanol–water partition coefficient (Wildman–Crippen LogP) is 4.95. The quantitative estimate of drug-likeness (QED) is 0.729. The molecule has 0 aliphatic heterocycles. The van der Waals surface area contributed by atoms with Crippen molar-refractivity contribution in [1.82, 2.24) is 9.97 Å². The van der Waals surface area contributed by atoms with E-state index < -0.39 is 0 Å². The molecule has 6 heteroatoms. The van der Waals surface area contributed by atoms with Crippen LogP contribution in [-0.4, -0.2) is 9.97 Å². The number of fused-ring (bicyclic) bond motifs is 1. The molecular weight excluding hydrogens is 331 g/mol. The van der Waals surface area contributed by atoms with Crippen LogP contribution >= 0.6 is 36.4 Å². The number of hydrogen-bond acceptors (Lipinski definition) is 2. The molecule has 0 aliphatic rings. The zero-order valence-electron chi connectivity index (χ0n) is 11.3. The minimum atomic E-state index is 0. The second kappa shape index (κ2) is 7.55. The molecule has 0 aliphatic carbocycles. The van der Waals surface area contributed by atoms with Gasteiger partial charge in [-0.1, -0.05) is 23.7 Å². The maximum Gasteiger partial charge on any atom is 0.146 e. The topological polar surface area (TPSA) is 37.9 Å². The van der Waals surface area contributed by atoms with Crippen molar-refractivity contribution in [2.24, 2.45) is 0 Å². The van der Waals surface area contributed by atoms with Crippen LogP contribution < -0.4 is 4.74 Å². The number of rotatable bonds is 3. The summed E-state index contributed by atoms with van der Waals surface area (Å²) in [5.41, 5.74) is 3.19. The summed E-state index contributed by atoms with van der Waals surface area (Å²) in [4.78, 5) is 7.79. The maximum absolute atomic E-state index is 5.83. The third kappa shape index (κ3) is 4.03. The van der Waals surface area contributed by atoms with Gasteiger partial charge in [-0.3, -0.25) is 0 Å². The normalized spacial score (nSPS) is 9.81. The van der Waals surface area contributed by atoms with Crippen molar-refractivity contribution in [1.29, 1.82) is 0 Å². The zero-order chi connectivity index (χ0) is 13.2. The van der Waals surface area contributed by atoms with E-state index in [4.69, 9.17) is 16.3 Å². The molecule has 0 bridgehead atoms. The van der Waals surface area contributed by atoms with Gasteiger partial charge >= 0.3 is 0 Å². The summed E-state index contributed by atoms with van der Waals surface area (Å²) in [5, 5.41) is 0.701. The third-order valence-electron chi connectivity index (χ3n) is 2.95. The van der Waals surface area contributed by atoms with Gasteiger partial charge in [0.25, 0.3) is 0 Å². The number of imidazole rings is 1. The molecule has 0 fully saturated rings. The Balaban J connectivity index is 0.00000110. The van der Waals surface area contributed by atoms with Crippen LogP contribution in [0.1, 0.15) is 11.4 Å². The van der Waals surface area contributed by atoms with Crippen LogP contribution in [-0.2, 0) is 6.61 Å². The molecule has 0 atom stereocenters. The van der Waals surface area contributed by atoms with Gasteiger partial charge in [0.1, 0.15) is 18.2 Å². The van der Waals surface area contributed by atoms with Crippen molar-refractivity contribution >= 4 is 47.4 Å². The smallest absolute Gasteiger partial charge is 0.146 e. The van der Waals surface area contributed by atoms with Gasteiger partial charge in [0.05, 0.1) is 11.0 Å². The molecule has 3 nitrogen and oxygen atoms in total. The van der Waals surface area contributed by atoms with Crippen molar-refractivity contribution in [2.45, 2.75) is 13.5 Å². The van der Waals surface area contributed by atoms with Crippen LogP contribution in [0.4, 0.5) is 0 Å². The number of aromatic amines is 1. The Bertz CT molecular complexity index is 711. The monoisotopic (exact) mass is 344 g/mol. The Labute approximate surface area is 140 Å². The minimum Gasteiger partial charge on any atom is -0.486 e. The molecule has 1 N–H and O–H groups in total. The van der Waals surface area contributed by atoms with Crippen LogP contribution in [0.3, 0.4) is 0 Å². The van der Waals surface area contributed by atoms with E-state index in [0.717, 1.165) is 28.2 Å². The lowest BCUT2D eigenvalue weighted by atomic mass is 10.2. The van der Waals surface area contributed by atoms with Gasteiger partial charge in [-0.15, -0.1) is 24.8 Å². The van der Waals surface area contributed by atoms with Crippen molar-refractivity contribution in [2.75, 3.05) is 0 Å². The number of aromatic nitrogens is 2. The van der Waals surface area contributed by atoms with Gasteiger partial charge in [0, 0.05) is 5.02 Å². The molecule has 0 radical (unpaired) electrons. The lowest BCUT2D eigenvalue weighted by molar-refractivity contribution is 0.297. The van der Waals surface area contributed by atoms with Crippen LogP contribution in [0.5, 0.6) is 5.75 Å². The highest BCUT2D eigenvalue weighted by Crippen LogP contribution is 2.18. The molecule has 2 aromatic carbocycles. The van der Waals surface area contributed by atoms with E-state index in [-0.39, 0.29) is 24.8 Å². The van der Waals surface area contributed by atoms with Gasteiger partial charge in [-0.05, 0) is 42.8 Å². The van der Waals surface area contributed by atoms with E-state index in [0.29, 0.717) is 11.6 Å². The summed E-state index contributed by atoms with van der Waals surface area (Å²) < 4.78 is 5.66. The number of halogens is 3. The largest absolute Gasteiger partial charge is 0.486 e. The Hall–Kier alpha value is -1.42. The van der Waals surface area contributed by atoms with Crippen molar-refractivity contribution in [3.05, 3.63) is 58.9 Å². The lowest BCUT2D eigenvalue weighted by Crippen LogP contribution is -1.97. The molecular formula is C15H15Cl3N2O. The highest BCUT2D eigenvalue weighted by molar-refractivity contribution is 6.30. The zero-order valence-corrected chi connectivity index (χ0v) is 13.7. The van der Waals surface area contributed by atoms with Crippen molar-refractivity contribution in [3.8, 4) is 5.75 Å². The van der Waals surface area contributed by atoms with Gasteiger partial charge < -0.3 is 9.72 Å². The first kappa shape index (κ1) is 17.6. The van der Waals surface area contributed by atoms with Gasteiger partial charge in [-0.25, -0.2) is 4.98 Å². The number of H-pyrrole nitrogens is 1. The first-order chi connectivity index (χ1) is 9.22. The summed E-state index contributed by atoms with van der Waals surface area (Å²) in [6.45, 7) is 2.46.